The van der Waals surface area contributed by atoms with Gasteiger partial charge in [0.15, 0.2) is 0 Å². The van der Waals surface area contributed by atoms with Crippen molar-refractivity contribution in [2.24, 2.45) is 5.92 Å². The van der Waals surface area contributed by atoms with Crippen molar-refractivity contribution in [1.82, 2.24) is 0 Å². The number of rotatable bonds is 2. The van der Waals surface area contributed by atoms with Crippen LogP contribution in [0.25, 0.3) is 0 Å². The molecular weight excluding hydrogens is 146 g/mol. The van der Waals surface area contributed by atoms with Crippen molar-refractivity contribution >= 4 is 0 Å². The molecule has 0 rings (SSSR count). The Morgan fingerprint density at radius 2 is 1.82 bits per heavy atom. The van der Waals surface area contributed by atoms with Gasteiger partial charge in [-0.15, -0.1) is 6.58 Å². The molecule has 0 N–H and O–H groups in total. The van der Waals surface area contributed by atoms with Crippen molar-refractivity contribution < 1.29 is 8.78 Å². The summed E-state index contributed by atoms with van der Waals surface area (Å²) < 4.78 is 24.2. The fourth-order valence-corrected chi connectivity index (χ4v) is 0.358. The second-order valence-electron chi connectivity index (χ2n) is 2.67. The highest BCUT2D eigenvalue weighted by molar-refractivity contribution is 4.64. The first-order chi connectivity index (χ1) is 4.90. The van der Waals surface area contributed by atoms with E-state index in [9.17, 15) is 8.78 Å². The summed E-state index contributed by atoms with van der Waals surface area (Å²) in [7, 11) is 0. The van der Waals surface area contributed by atoms with Gasteiger partial charge in [0.1, 0.15) is 0 Å². The maximum Gasteiger partial charge on any atom is 0.247 e. The smallest absolute Gasteiger partial charge is 0.207 e. The lowest BCUT2D eigenvalue weighted by Crippen LogP contribution is -2.20. The van der Waals surface area contributed by atoms with Crippen molar-refractivity contribution in [2.75, 3.05) is 0 Å². The average Bonchev–Trinajstić information content (AvgIpc) is 1.86. The molecule has 1 unspecified atom stereocenters. The topological polar surface area (TPSA) is 0 Å². The normalized spacial score (nSPS) is 12.9. The first-order valence-electron chi connectivity index (χ1n) is 3.84. The van der Waals surface area contributed by atoms with Gasteiger partial charge in [0, 0.05) is 5.92 Å². The number of alkyl halides is 2. The Hall–Kier alpha value is -0.400. The summed E-state index contributed by atoms with van der Waals surface area (Å²) in [6.07, 6.45) is 2.30. The summed E-state index contributed by atoms with van der Waals surface area (Å²) in [5.74, 6) is -2.98. The average molecular weight is 164 g/mol. The van der Waals surface area contributed by atoms with E-state index in [0.29, 0.717) is 6.42 Å². The van der Waals surface area contributed by atoms with Crippen LogP contribution in [-0.4, -0.2) is 5.92 Å². The molecule has 0 aromatic rings. The lowest BCUT2D eigenvalue weighted by atomic mass is 10.0. The maximum atomic E-state index is 12.1. The van der Waals surface area contributed by atoms with Gasteiger partial charge in [-0.2, -0.15) is 0 Å². The molecule has 2 heteroatoms. The third-order valence-electron chi connectivity index (χ3n) is 1.48. The maximum absolute atomic E-state index is 12.1. The van der Waals surface area contributed by atoms with Gasteiger partial charge in [-0.3, -0.25) is 0 Å². The molecule has 0 aliphatic carbocycles. The quantitative estimate of drug-likeness (QED) is 0.543. The Labute approximate surface area is 68.3 Å². The van der Waals surface area contributed by atoms with Gasteiger partial charge in [0.05, 0.1) is 0 Å². The number of hydrogen-bond acceptors (Lipinski definition) is 0. The van der Waals surface area contributed by atoms with Crippen LogP contribution in [0.5, 0.6) is 0 Å². The molecule has 68 valence electrons. The van der Waals surface area contributed by atoms with Gasteiger partial charge in [-0.05, 0) is 20.3 Å². The molecule has 0 saturated heterocycles. The van der Waals surface area contributed by atoms with Gasteiger partial charge in [0.2, 0.25) is 5.92 Å². The molecule has 0 saturated carbocycles. The highest BCUT2D eigenvalue weighted by Gasteiger charge is 2.27. The van der Waals surface area contributed by atoms with E-state index in [1.165, 1.54) is 0 Å². The molecule has 0 bridgehead atoms. The second-order valence-corrected chi connectivity index (χ2v) is 2.67. The van der Waals surface area contributed by atoms with E-state index in [2.05, 4.69) is 6.58 Å². The third kappa shape index (κ3) is 9.60. The van der Waals surface area contributed by atoms with Crippen LogP contribution in [0.1, 0.15) is 34.1 Å². The highest BCUT2D eigenvalue weighted by Crippen LogP contribution is 2.25. The van der Waals surface area contributed by atoms with E-state index in [1.807, 2.05) is 6.92 Å². The molecule has 0 radical (unpaired) electrons. The molecule has 11 heavy (non-hydrogen) atoms. The van der Waals surface area contributed by atoms with Crippen LogP contribution in [0.3, 0.4) is 0 Å². The van der Waals surface area contributed by atoms with Crippen LogP contribution in [0.2, 0.25) is 0 Å². The predicted octanol–water partition coefficient (Wildman–Crippen LogP) is 3.88. The number of hydrogen-bond donors (Lipinski definition) is 0. The van der Waals surface area contributed by atoms with E-state index < -0.39 is 11.8 Å². The van der Waals surface area contributed by atoms with Gasteiger partial charge >= 0.3 is 0 Å². The Kier molecular flexibility index (Phi) is 7.59. The summed E-state index contributed by atoms with van der Waals surface area (Å²) >= 11 is 0. The first-order valence-corrected chi connectivity index (χ1v) is 3.84. The van der Waals surface area contributed by atoms with Crippen LogP contribution in [0.4, 0.5) is 8.78 Å². The van der Waals surface area contributed by atoms with Crippen LogP contribution in [0.15, 0.2) is 12.7 Å². The predicted molar refractivity (Wildman–Crippen MR) is 45.9 cm³/mol. The summed E-state index contributed by atoms with van der Waals surface area (Å²) in [6.45, 7) is 9.53. The lowest BCUT2D eigenvalue weighted by molar-refractivity contribution is -0.0335. The Bertz CT molecular complexity index is 92.2. The molecule has 0 spiro atoms. The lowest BCUT2D eigenvalue weighted by Gasteiger charge is -2.16. The van der Waals surface area contributed by atoms with Gasteiger partial charge in [0.25, 0.3) is 0 Å². The summed E-state index contributed by atoms with van der Waals surface area (Å²) in [4.78, 5) is 0. The van der Waals surface area contributed by atoms with E-state index in [4.69, 9.17) is 0 Å². The minimum Gasteiger partial charge on any atom is -0.207 e. The van der Waals surface area contributed by atoms with Crippen molar-refractivity contribution in [1.29, 1.82) is 0 Å². The molecule has 0 aliphatic rings. The Morgan fingerprint density at radius 3 is 1.82 bits per heavy atom. The molecule has 0 aromatic heterocycles. The van der Waals surface area contributed by atoms with Crippen LogP contribution >= 0.6 is 0 Å². The number of allylic oxidation sites excluding steroid dienone is 1. The molecule has 0 aromatic carbocycles. The second kappa shape index (κ2) is 6.32. The highest BCUT2D eigenvalue weighted by atomic mass is 19.3. The largest absolute Gasteiger partial charge is 0.247 e. The summed E-state index contributed by atoms with van der Waals surface area (Å²) in [5.41, 5.74) is 0. The van der Waals surface area contributed by atoms with Crippen LogP contribution < -0.4 is 0 Å². The fraction of sp³-hybridized carbons (Fsp3) is 0.778. The monoisotopic (exact) mass is 164 g/mol. The Balaban J connectivity index is 0. The zero-order valence-electron chi connectivity index (χ0n) is 7.82. The van der Waals surface area contributed by atoms with Crippen molar-refractivity contribution in [3.63, 3.8) is 0 Å². The summed E-state index contributed by atoms with van der Waals surface area (Å²) in [5, 5.41) is 0. The van der Waals surface area contributed by atoms with E-state index in [1.54, 1.807) is 19.9 Å². The van der Waals surface area contributed by atoms with Crippen molar-refractivity contribution in [2.45, 2.75) is 40.0 Å². The van der Waals surface area contributed by atoms with Gasteiger partial charge in [-0.25, -0.2) is 8.78 Å². The zero-order chi connectivity index (χ0) is 9.49. The minimum atomic E-state index is -2.49. The van der Waals surface area contributed by atoms with Gasteiger partial charge in [-0.1, -0.05) is 19.9 Å². The molecule has 1 atom stereocenters. The number of halogens is 2. The molecule has 0 amide bonds. The van der Waals surface area contributed by atoms with E-state index in [0.717, 1.165) is 6.92 Å². The Morgan fingerprint density at radius 1 is 1.55 bits per heavy atom. The molecule has 0 heterocycles. The van der Waals surface area contributed by atoms with E-state index >= 15 is 0 Å². The standard InChI is InChI=1S/C6H12F2.C3H6/c1-4-5(2)6(3,7)8;1-3-2/h5H,4H2,1-3H3;3H,1H2,2H3. The SMILES string of the molecule is C=CC.CCC(C)C(C)(F)F. The molecular formula is C9H18F2. The summed E-state index contributed by atoms with van der Waals surface area (Å²) in [6, 6.07) is 0. The minimum absolute atomic E-state index is 0.484. The first kappa shape index (κ1) is 13.2. The van der Waals surface area contributed by atoms with Crippen molar-refractivity contribution in [3.8, 4) is 0 Å². The van der Waals surface area contributed by atoms with Crippen LogP contribution in [-0.2, 0) is 0 Å². The molecule has 0 fully saturated rings. The van der Waals surface area contributed by atoms with Gasteiger partial charge < -0.3 is 0 Å². The third-order valence-corrected chi connectivity index (χ3v) is 1.48. The zero-order valence-corrected chi connectivity index (χ0v) is 7.82. The van der Waals surface area contributed by atoms with Crippen LogP contribution in [0, 0.1) is 5.92 Å². The van der Waals surface area contributed by atoms with Crippen molar-refractivity contribution in [3.05, 3.63) is 12.7 Å². The van der Waals surface area contributed by atoms with E-state index in [-0.39, 0.29) is 0 Å². The molecule has 0 aliphatic heterocycles. The fourth-order valence-electron chi connectivity index (χ4n) is 0.358. The molecule has 0 nitrogen and oxygen atoms in total.